The summed E-state index contributed by atoms with van der Waals surface area (Å²) in [5, 5.41) is 10.5. The third-order valence-electron chi connectivity index (χ3n) is 3.84. The Kier molecular flexibility index (Phi) is 5.53. The van der Waals surface area contributed by atoms with Crippen LogP contribution in [0.15, 0.2) is 48.7 Å². The zero-order valence-electron chi connectivity index (χ0n) is 14.7. The fourth-order valence-corrected chi connectivity index (χ4v) is 2.86. The van der Waals surface area contributed by atoms with E-state index in [9.17, 15) is 5.11 Å². The summed E-state index contributed by atoms with van der Waals surface area (Å²) < 4.78 is 11.3. The molecule has 0 unspecified atom stereocenters. The summed E-state index contributed by atoms with van der Waals surface area (Å²) in [6, 6.07) is 12.9. The Morgan fingerprint density at radius 2 is 1.62 bits per heavy atom. The van der Waals surface area contributed by atoms with E-state index in [1.807, 2.05) is 44.2 Å². The molecular formula is C20H20N2O3S. The lowest BCUT2D eigenvalue weighted by Crippen LogP contribution is -1.95. The number of aromatic amines is 1. The van der Waals surface area contributed by atoms with Gasteiger partial charge < -0.3 is 19.6 Å². The molecule has 26 heavy (non-hydrogen) atoms. The predicted molar refractivity (Wildman–Crippen MR) is 104 cm³/mol. The normalized spacial score (nSPS) is 10.5. The highest BCUT2D eigenvalue weighted by Crippen LogP contribution is 2.37. The molecule has 0 spiro atoms. The minimum atomic E-state index is 0.111. The molecule has 0 aliphatic carbocycles. The number of aromatic nitrogens is 2. The average Bonchev–Trinajstić information content (AvgIpc) is 2.63. The van der Waals surface area contributed by atoms with Gasteiger partial charge >= 0.3 is 0 Å². The van der Waals surface area contributed by atoms with Crippen LogP contribution in [0.3, 0.4) is 0 Å². The van der Waals surface area contributed by atoms with Gasteiger partial charge in [-0.15, -0.1) is 0 Å². The lowest BCUT2D eigenvalue weighted by Gasteiger charge is -2.13. The van der Waals surface area contributed by atoms with Crippen LogP contribution in [0.2, 0.25) is 0 Å². The maximum absolute atomic E-state index is 10.5. The van der Waals surface area contributed by atoms with Crippen LogP contribution >= 0.6 is 12.2 Å². The van der Waals surface area contributed by atoms with Gasteiger partial charge in [-0.05, 0) is 55.9 Å². The van der Waals surface area contributed by atoms with Gasteiger partial charge in [0.05, 0.1) is 18.9 Å². The summed E-state index contributed by atoms with van der Waals surface area (Å²) in [6.45, 7) is 5.00. The van der Waals surface area contributed by atoms with E-state index in [1.54, 1.807) is 18.3 Å². The van der Waals surface area contributed by atoms with Crippen molar-refractivity contribution in [2.24, 2.45) is 0 Å². The van der Waals surface area contributed by atoms with Crippen LogP contribution in [0.1, 0.15) is 13.8 Å². The molecule has 5 nitrogen and oxygen atoms in total. The molecule has 0 aliphatic rings. The zero-order chi connectivity index (χ0) is 18.5. The Hall–Kier alpha value is -2.86. The molecule has 3 aromatic rings. The fraction of sp³-hybridized carbons (Fsp3) is 0.200. The van der Waals surface area contributed by atoms with Crippen LogP contribution in [0.5, 0.6) is 17.2 Å². The number of nitrogens with one attached hydrogen (secondary N) is 1. The molecule has 0 aliphatic heterocycles. The Morgan fingerprint density at radius 1 is 0.962 bits per heavy atom. The summed E-state index contributed by atoms with van der Waals surface area (Å²) >= 11 is 5.18. The van der Waals surface area contributed by atoms with Gasteiger partial charge in [0, 0.05) is 23.4 Å². The van der Waals surface area contributed by atoms with Gasteiger partial charge in [-0.25, -0.2) is 4.98 Å². The Morgan fingerprint density at radius 3 is 2.27 bits per heavy atom. The summed E-state index contributed by atoms with van der Waals surface area (Å²) in [5.74, 6) is 1.53. The first kappa shape index (κ1) is 17.9. The third-order valence-corrected chi connectivity index (χ3v) is 4.05. The molecule has 6 heteroatoms. The number of rotatable bonds is 6. The van der Waals surface area contributed by atoms with Gasteiger partial charge in [-0.2, -0.15) is 0 Å². The molecule has 134 valence electrons. The van der Waals surface area contributed by atoms with Crippen molar-refractivity contribution < 1.29 is 14.6 Å². The first-order chi connectivity index (χ1) is 12.6. The van der Waals surface area contributed by atoms with Crippen molar-refractivity contribution in [3.8, 4) is 39.6 Å². The summed E-state index contributed by atoms with van der Waals surface area (Å²) in [7, 11) is 0. The first-order valence-corrected chi connectivity index (χ1v) is 8.82. The third kappa shape index (κ3) is 3.86. The SMILES string of the molecule is CCOc1ccc(-c2cnc(=S)[nH]c2-c2ccc(OCC)cc2O)cc1. The standard InChI is InChI=1S/C20H20N2O3S/c1-3-24-14-7-5-13(6-8-14)17-12-21-20(26)22-19(17)16-10-9-15(25-4-2)11-18(16)23/h5-12,23H,3-4H2,1-2H3,(H,21,22,26). The molecule has 0 saturated heterocycles. The highest BCUT2D eigenvalue weighted by Gasteiger charge is 2.13. The number of benzene rings is 2. The molecule has 0 fully saturated rings. The van der Waals surface area contributed by atoms with Crippen molar-refractivity contribution in [1.29, 1.82) is 0 Å². The lowest BCUT2D eigenvalue weighted by atomic mass is 10.00. The Bertz CT molecular complexity index is 952. The Labute approximate surface area is 157 Å². The van der Waals surface area contributed by atoms with Gasteiger partial charge in [-0.1, -0.05) is 12.1 Å². The monoisotopic (exact) mass is 368 g/mol. The van der Waals surface area contributed by atoms with E-state index in [-0.39, 0.29) is 5.75 Å². The molecule has 1 heterocycles. The molecule has 2 aromatic carbocycles. The molecule has 1 aromatic heterocycles. The minimum absolute atomic E-state index is 0.111. The maximum Gasteiger partial charge on any atom is 0.197 e. The van der Waals surface area contributed by atoms with Crippen molar-refractivity contribution >= 4 is 12.2 Å². The van der Waals surface area contributed by atoms with E-state index >= 15 is 0 Å². The summed E-state index contributed by atoms with van der Waals surface area (Å²) in [6.07, 6.45) is 1.71. The number of hydrogen-bond acceptors (Lipinski definition) is 5. The number of phenolic OH excluding ortho intramolecular Hbond substituents is 1. The predicted octanol–water partition coefficient (Wildman–Crippen LogP) is 4.98. The van der Waals surface area contributed by atoms with Crippen LogP contribution < -0.4 is 9.47 Å². The van der Waals surface area contributed by atoms with E-state index in [1.165, 1.54) is 0 Å². The van der Waals surface area contributed by atoms with Gasteiger partial charge in [0.1, 0.15) is 17.2 Å². The first-order valence-electron chi connectivity index (χ1n) is 8.41. The van der Waals surface area contributed by atoms with E-state index in [0.29, 0.717) is 35.0 Å². The fourth-order valence-electron chi connectivity index (χ4n) is 2.70. The van der Waals surface area contributed by atoms with E-state index in [2.05, 4.69) is 9.97 Å². The van der Waals surface area contributed by atoms with Crippen LogP contribution in [-0.4, -0.2) is 28.3 Å². The maximum atomic E-state index is 10.5. The van der Waals surface area contributed by atoms with Crippen LogP contribution in [0.25, 0.3) is 22.4 Å². The van der Waals surface area contributed by atoms with Crippen molar-refractivity contribution in [3.63, 3.8) is 0 Å². The number of phenols is 1. The lowest BCUT2D eigenvalue weighted by molar-refractivity contribution is 0.338. The second-order valence-electron chi connectivity index (χ2n) is 5.55. The van der Waals surface area contributed by atoms with Crippen molar-refractivity contribution in [2.45, 2.75) is 13.8 Å². The van der Waals surface area contributed by atoms with Gasteiger partial charge in [0.2, 0.25) is 0 Å². The largest absolute Gasteiger partial charge is 0.507 e. The van der Waals surface area contributed by atoms with E-state index in [0.717, 1.165) is 16.9 Å². The zero-order valence-corrected chi connectivity index (χ0v) is 15.5. The van der Waals surface area contributed by atoms with Crippen molar-refractivity contribution in [1.82, 2.24) is 9.97 Å². The number of hydrogen-bond donors (Lipinski definition) is 2. The topological polar surface area (TPSA) is 67.4 Å². The minimum Gasteiger partial charge on any atom is -0.507 e. The quantitative estimate of drug-likeness (QED) is 0.601. The molecule has 3 rings (SSSR count). The van der Waals surface area contributed by atoms with Crippen LogP contribution in [0, 0.1) is 4.77 Å². The van der Waals surface area contributed by atoms with Gasteiger partial charge in [0.25, 0.3) is 0 Å². The number of ether oxygens (including phenoxy) is 2. The molecule has 0 atom stereocenters. The molecule has 0 saturated carbocycles. The smallest absolute Gasteiger partial charge is 0.197 e. The van der Waals surface area contributed by atoms with Gasteiger partial charge in [0.15, 0.2) is 4.77 Å². The average molecular weight is 368 g/mol. The number of nitrogens with zero attached hydrogens (tertiary/aromatic N) is 1. The van der Waals surface area contributed by atoms with Gasteiger partial charge in [-0.3, -0.25) is 0 Å². The Balaban J connectivity index is 2.08. The summed E-state index contributed by atoms with van der Waals surface area (Å²) in [4.78, 5) is 7.29. The second-order valence-corrected chi connectivity index (χ2v) is 5.93. The highest BCUT2D eigenvalue weighted by molar-refractivity contribution is 7.71. The van der Waals surface area contributed by atoms with Crippen LogP contribution in [0.4, 0.5) is 0 Å². The molecule has 0 radical (unpaired) electrons. The molecule has 0 amide bonds. The number of aromatic hydroxyl groups is 1. The summed E-state index contributed by atoms with van der Waals surface area (Å²) in [5.41, 5.74) is 3.11. The van der Waals surface area contributed by atoms with Crippen molar-refractivity contribution in [3.05, 3.63) is 53.4 Å². The van der Waals surface area contributed by atoms with Crippen LogP contribution in [-0.2, 0) is 0 Å². The van der Waals surface area contributed by atoms with Crippen molar-refractivity contribution in [2.75, 3.05) is 13.2 Å². The molecule has 0 bridgehead atoms. The molecule has 2 N–H and O–H groups in total. The molecular weight excluding hydrogens is 348 g/mol. The highest BCUT2D eigenvalue weighted by atomic mass is 32.1. The van der Waals surface area contributed by atoms with E-state index < -0.39 is 0 Å². The second kappa shape index (κ2) is 8.01. The number of H-pyrrole nitrogens is 1. The van der Waals surface area contributed by atoms with E-state index in [4.69, 9.17) is 21.7 Å².